The lowest BCUT2D eigenvalue weighted by Gasteiger charge is -2.14. The van der Waals surface area contributed by atoms with E-state index in [1.54, 1.807) is 19.2 Å². The number of ether oxygens (including phenoxy) is 1. The van der Waals surface area contributed by atoms with Crippen molar-refractivity contribution in [1.82, 2.24) is 4.72 Å². The molecule has 0 spiro atoms. The number of rotatable bonds is 7. The number of aryl methyl sites for hydroxylation is 1. The molecule has 3 N–H and O–H groups in total. The van der Waals surface area contributed by atoms with E-state index in [1.165, 1.54) is 13.2 Å². The summed E-state index contributed by atoms with van der Waals surface area (Å²) in [4.78, 5) is 0.0124. The number of hydrogen-bond donors (Lipinski definition) is 2. The fraction of sp³-hybridized carbons (Fsp3) is 0.538. The Kier molecular flexibility index (Phi) is 6.18. The van der Waals surface area contributed by atoms with Crippen LogP contribution in [0.1, 0.15) is 18.9 Å². The van der Waals surface area contributed by atoms with E-state index >= 15 is 0 Å². The Labute approximate surface area is 128 Å². The molecule has 0 aromatic heterocycles. The molecule has 0 amide bonds. The molecular formula is C13H22N2O4S2. The molecule has 0 bridgehead atoms. The molecule has 120 valence electrons. The molecule has 0 aliphatic rings. The maximum Gasteiger partial charge on any atom is 0.244 e. The van der Waals surface area contributed by atoms with Gasteiger partial charge in [-0.1, -0.05) is 6.92 Å². The summed E-state index contributed by atoms with van der Waals surface area (Å²) in [6.45, 7) is 3.80. The van der Waals surface area contributed by atoms with Crippen molar-refractivity contribution in [2.24, 2.45) is 0 Å². The second kappa shape index (κ2) is 7.24. The average molecular weight is 334 g/mol. The van der Waals surface area contributed by atoms with Crippen LogP contribution < -0.4 is 15.2 Å². The first-order chi connectivity index (χ1) is 9.69. The Morgan fingerprint density at radius 2 is 2.05 bits per heavy atom. The quantitative estimate of drug-likeness (QED) is 0.726. The Hall–Kier alpha value is -1.12. The highest BCUT2D eigenvalue weighted by atomic mass is 32.2. The van der Waals surface area contributed by atoms with Gasteiger partial charge in [-0.15, -0.1) is 0 Å². The molecule has 0 saturated heterocycles. The van der Waals surface area contributed by atoms with Gasteiger partial charge in [-0.3, -0.25) is 4.21 Å². The van der Waals surface area contributed by atoms with Crippen LogP contribution in [0, 0.1) is 6.92 Å². The van der Waals surface area contributed by atoms with Crippen molar-refractivity contribution >= 4 is 26.5 Å². The molecule has 0 heterocycles. The van der Waals surface area contributed by atoms with Gasteiger partial charge in [0.05, 0.1) is 7.11 Å². The van der Waals surface area contributed by atoms with Crippen LogP contribution in [-0.2, 0) is 20.8 Å². The lowest BCUT2D eigenvalue weighted by Crippen LogP contribution is -2.28. The number of benzene rings is 1. The molecule has 8 heteroatoms. The Balaban J connectivity index is 2.93. The number of methoxy groups -OCH3 is 1. The van der Waals surface area contributed by atoms with Crippen molar-refractivity contribution in [1.29, 1.82) is 0 Å². The summed E-state index contributed by atoms with van der Waals surface area (Å²) in [6.07, 6.45) is 2.09. The Bertz CT molecular complexity index is 629. The summed E-state index contributed by atoms with van der Waals surface area (Å²) in [5, 5.41) is -0.0716. The van der Waals surface area contributed by atoms with Gasteiger partial charge in [-0.2, -0.15) is 0 Å². The molecule has 1 aromatic carbocycles. The van der Waals surface area contributed by atoms with E-state index in [4.69, 9.17) is 10.5 Å². The number of anilines is 1. The van der Waals surface area contributed by atoms with Gasteiger partial charge < -0.3 is 10.5 Å². The zero-order valence-electron chi connectivity index (χ0n) is 12.7. The zero-order valence-corrected chi connectivity index (χ0v) is 14.3. The van der Waals surface area contributed by atoms with Crippen LogP contribution in [0.25, 0.3) is 0 Å². The lowest BCUT2D eigenvalue weighted by molar-refractivity contribution is 0.402. The molecule has 0 aliphatic carbocycles. The van der Waals surface area contributed by atoms with Crippen LogP contribution in [0.2, 0.25) is 0 Å². The van der Waals surface area contributed by atoms with Crippen molar-refractivity contribution in [3.63, 3.8) is 0 Å². The zero-order chi connectivity index (χ0) is 16.2. The fourth-order valence-corrected chi connectivity index (χ4v) is 3.37. The lowest BCUT2D eigenvalue weighted by atomic mass is 10.2. The summed E-state index contributed by atoms with van der Waals surface area (Å²) in [6, 6.07) is 2.98. The van der Waals surface area contributed by atoms with E-state index in [-0.39, 0.29) is 22.4 Å². The van der Waals surface area contributed by atoms with Gasteiger partial charge in [0.1, 0.15) is 10.6 Å². The smallest absolute Gasteiger partial charge is 0.244 e. The van der Waals surface area contributed by atoms with Crippen molar-refractivity contribution in [2.45, 2.75) is 30.4 Å². The monoisotopic (exact) mass is 334 g/mol. The minimum Gasteiger partial charge on any atom is -0.495 e. The van der Waals surface area contributed by atoms with Crippen LogP contribution in [-0.4, -0.2) is 37.8 Å². The van der Waals surface area contributed by atoms with Gasteiger partial charge in [0, 0.05) is 34.5 Å². The molecule has 0 aliphatic heterocycles. The summed E-state index contributed by atoms with van der Waals surface area (Å²) >= 11 is 0. The SMILES string of the molecule is COc1cc(C)c(N)cc1S(=O)(=O)NCCC(C)S(C)=O. The number of hydrogen-bond acceptors (Lipinski definition) is 5. The van der Waals surface area contributed by atoms with Crippen LogP contribution >= 0.6 is 0 Å². The molecule has 2 atom stereocenters. The van der Waals surface area contributed by atoms with Crippen LogP contribution in [0.4, 0.5) is 5.69 Å². The van der Waals surface area contributed by atoms with Gasteiger partial charge in [0.15, 0.2) is 0 Å². The van der Waals surface area contributed by atoms with E-state index in [0.717, 1.165) is 5.56 Å². The third-order valence-electron chi connectivity index (χ3n) is 3.25. The van der Waals surface area contributed by atoms with E-state index in [2.05, 4.69) is 4.72 Å². The van der Waals surface area contributed by atoms with Crippen LogP contribution in [0.5, 0.6) is 5.75 Å². The third kappa shape index (κ3) is 4.69. The molecule has 2 unspecified atom stereocenters. The van der Waals surface area contributed by atoms with E-state index in [1.807, 2.05) is 6.92 Å². The predicted molar refractivity (Wildman–Crippen MR) is 85.5 cm³/mol. The topological polar surface area (TPSA) is 98.5 Å². The summed E-state index contributed by atoms with van der Waals surface area (Å²) in [5.74, 6) is 0.251. The molecule has 0 radical (unpaired) electrons. The van der Waals surface area contributed by atoms with Gasteiger partial charge in [0.2, 0.25) is 10.0 Å². The van der Waals surface area contributed by atoms with Crippen LogP contribution in [0.15, 0.2) is 17.0 Å². The molecule has 1 aromatic rings. The molecule has 0 saturated carbocycles. The highest BCUT2D eigenvalue weighted by Gasteiger charge is 2.21. The summed E-state index contributed by atoms with van der Waals surface area (Å²) < 4.78 is 43.5. The van der Waals surface area contributed by atoms with Crippen molar-refractivity contribution < 1.29 is 17.4 Å². The van der Waals surface area contributed by atoms with Crippen molar-refractivity contribution in [3.8, 4) is 5.75 Å². The standard InChI is InChI=1S/C13H22N2O4S2/c1-9-7-12(19-3)13(8-11(9)14)21(17,18)15-6-5-10(2)20(4)16/h7-8,10,15H,5-6,14H2,1-4H3. The summed E-state index contributed by atoms with van der Waals surface area (Å²) in [7, 11) is -3.28. The molecule has 21 heavy (non-hydrogen) atoms. The highest BCUT2D eigenvalue weighted by Crippen LogP contribution is 2.28. The van der Waals surface area contributed by atoms with Gasteiger partial charge in [0.25, 0.3) is 0 Å². The molecular weight excluding hydrogens is 312 g/mol. The first-order valence-electron chi connectivity index (χ1n) is 6.45. The minimum atomic E-state index is -3.72. The molecule has 0 fully saturated rings. The second-order valence-electron chi connectivity index (χ2n) is 4.86. The minimum absolute atomic E-state index is 0.0124. The Morgan fingerprint density at radius 3 is 2.57 bits per heavy atom. The number of nitrogens with two attached hydrogens (primary N) is 1. The predicted octanol–water partition coefficient (Wildman–Crippen LogP) is 1.02. The largest absolute Gasteiger partial charge is 0.495 e. The van der Waals surface area contributed by atoms with Gasteiger partial charge in [-0.25, -0.2) is 13.1 Å². The average Bonchev–Trinajstić information content (AvgIpc) is 2.40. The van der Waals surface area contributed by atoms with Gasteiger partial charge in [-0.05, 0) is 31.0 Å². The first-order valence-corrected chi connectivity index (χ1v) is 9.55. The highest BCUT2D eigenvalue weighted by molar-refractivity contribution is 7.89. The third-order valence-corrected chi connectivity index (χ3v) is 6.10. The van der Waals surface area contributed by atoms with Gasteiger partial charge >= 0.3 is 0 Å². The second-order valence-corrected chi connectivity index (χ2v) is 8.39. The van der Waals surface area contributed by atoms with Crippen LogP contribution in [0.3, 0.4) is 0 Å². The fourth-order valence-electron chi connectivity index (χ4n) is 1.69. The number of sulfonamides is 1. The maximum atomic E-state index is 12.3. The molecule has 6 nitrogen and oxygen atoms in total. The molecule has 1 rings (SSSR count). The van der Waals surface area contributed by atoms with E-state index in [9.17, 15) is 12.6 Å². The van der Waals surface area contributed by atoms with Crippen molar-refractivity contribution in [3.05, 3.63) is 17.7 Å². The Morgan fingerprint density at radius 1 is 1.43 bits per heavy atom. The maximum absolute atomic E-state index is 12.3. The van der Waals surface area contributed by atoms with Crippen molar-refractivity contribution in [2.75, 3.05) is 25.6 Å². The normalized spacial score (nSPS) is 14.7. The number of nitrogen functional groups attached to an aromatic ring is 1. The summed E-state index contributed by atoms with van der Waals surface area (Å²) in [5.41, 5.74) is 6.91. The first kappa shape index (κ1) is 17.9. The van der Waals surface area contributed by atoms with E-state index in [0.29, 0.717) is 12.1 Å². The number of nitrogens with one attached hydrogen (secondary N) is 1. The van der Waals surface area contributed by atoms with E-state index < -0.39 is 20.8 Å².